The van der Waals surface area contributed by atoms with Crippen molar-refractivity contribution in [3.8, 4) is 0 Å². The molecular formula is C40H48ClF7N6O2. The Morgan fingerprint density at radius 2 is 1.36 bits per heavy atom. The molecule has 2 amide bonds. The van der Waals surface area contributed by atoms with Gasteiger partial charge in [-0.2, -0.15) is 36.3 Å². The highest BCUT2D eigenvalue weighted by Gasteiger charge is 2.36. The first-order chi connectivity index (χ1) is 25.8. The largest absolute Gasteiger partial charge is 0.419 e. The van der Waals surface area contributed by atoms with E-state index in [0.29, 0.717) is 38.1 Å². The van der Waals surface area contributed by atoms with Crippen molar-refractivity contribution >= 4 is 23.4 Å². The molecule has 306 valence electrons. The van der Waals surface area contributed by atoms with E-state index < -0.39 is 57.5 Å². The molecule has 0 fully saturated rings. The van der Waals surface area contributed by atoms with Gasteiger partial charge in [0.1, 0.15) is 5.82 Å². The van der Waals surface area contributed by atoms with Crippen LogP contribution in [0, 0.1) is 11.7 Å². The van der Waals surface area contributed by atoms with Crippen LogP contribution in [0.25, 0.3) is 0 Å². The summed E-state index contributed by atoms with van der Waals surface area (Å²) in [6.45, 7) is 14.8. The second kappa shape index (κ2) is 16.6. The zero-order chi connectivity index (χ0) is 42.1. The molecule has 0 aliphatic rings. The number of rotatable bonds is 11. The minimum atomic E-state index is -4.99. The fourth-order valence-electron chi connectivity index (χ4n) is 6.68. The van der Waals surface area contributed by atoms with Crippen LogP contribution in [0.3, 0.4) is 0 Å². The Morgan fingerprint density at radius 1 is 0.786 bits per heavy atom. The lowest BCUT2D eigenvalue weighted by Crippen LogP contribution is -2.29. The van der Waals surface area contributed by atoms with Gasteiger partial charge in [-0.05, 0) is 55.5 Å². The molecule has 8 nitrogen and oxygen atoms in total. The van der Waals surface area contributed by atoms with Gasteiger partial charge in [0.2, 0.25) is 0 Å². The summed E-state index contributed by atoms with van der Waals surface area (Å²) in [7, 11) is 3.63. The molecule has 1 atom stereocenters. The van der Waals surface area contributed by atoms with E-state index >= 15 is 0 Å². The molecule has 0 aliphatic carbocycles. The third-order valence-corrected chi connectivity index (χ3v) is 10.2. The molecule has 0 saturated heterocycles. The van der Waals surface area contributed by atoms with Crippen LogP contribution in [0.2, 0.25) is 5.02 Å². The Hall–Kier alpha value is -4.40. The molecular weight excluding hydrogens is 765 g/mol. The van der Waals surface area contributed by atoms with Gasteiger partial charge >= 0.3 is 12.4 Å². The first-order valence-corrected chi connectivity index (χ1v) is 18.6. The van der Waals surface area contributed by atoms with Gasteiger partial charge in [0.25, 0.3) is 11.8 Å². The maximum atomic E-state index is 14.9. The predicted molar refractivity (Wildman–Crippen MR) is 199 cm³/mol. The van der Waals surface area contributed by atoms with Gasteiger partial charge in [0.05, 0.1) is 27.3 Å². The number of amides is 2. The van der Waals surface area contributed by atoms with Gasteiger partial charge in [-0.15, -0.1) is 0 Å². The van der Waals surface area contributed by atoms with Crippen LogP contribution in [-0.4, -0.2) is 30.5 Å². The van der Waals surface area contributed by atoms with Gasteiger partial charge in [-0.1, -0.05) is 72.6 Å². The van der Waals surface area contributed by atoms with Crippen molar-refractivity contribution in [3.05, 3.63) is 104 Å². The van der Waals surface area contributed by atoms with E-state index in [2.05, 4.69) is 9.98 Å². The number of benzene rings is 2. The molecule has 0 radical (unpaired) electrons. The van der Waals surface area contributed by atoms with Gasteiger partial charge < -0.3 is 0 Å². The normalized spacial score (nSPS) is 14.2. The lowest BCUT2D eigenvalue weighted by molar-refractivity contribution is -0.140. The number of nitrogens with zero attached hydrogens (tertiary/aromatic N) is 6. The molecule has 0 aliphatic heterocycles. The quantitative estimate of drug-likeness (QED) is 0.142. The van der Waals surface area contributed by atoms with Crippen LogP contribution < -0.4 is 11.0 Å². The molecule has 0 saturated carbocycles. The molecule has 0 N–H and O–H groups in total. The van der Waals surface area contributed by atoms with Crippen LogP contribution in [-0.2, 0) is 50.4 Å². The van der Waals surface area contributed by atoms with Crippen LogP contribution >= 0.6 is 11.6 Å². The average molecular weight is 813 g/mol. The van der Waals surface area contributed by atoms with E-state index in [-0.39, 0.29) is 27.5 Å². The fourth-order valence-corrected chi connectivity index (χ4v) is 6.88. The van der Waals surface area contributed by atoms with E-state index in [1.807, 2.05) is 69.6 Å². The van der Waals surface area contributed by atoms with E-state index in [1.54, 1.807) is 23.9 Å². The number of hydrogen-bond acceptors (Lipinski definition) is 2. The maximum absolute atomic E-state index is 14.9. The van der Waals surface area contributed by atoms with Crippen LogP contribution in [0.1, 0.15) is 117 Å². The Labute approximate surface area is 326 Å². The van der Waals surface area contributed by atoms with Crippen molar-refractivity contribution in [3.63, 3.8) is 0 Å². The zero-order valence-corrected chi connectivity index (χ0v) is 33.7. The molecule has 4 aromatic rings. The highest BCUT2D eigenvalue weighted by atomic mass is 35.5. The summed E-state index contributed by atoms with van der Waals surface area (Å²) in [6, 6.07) is 8.49. The topological polar surface area (TPSA) is 78.6 Å². The Morgan fingerprint density at radius 3 is 1.93 bits per heavy atom. The molecule has 16 heteroatoms. The first-order valence-electron chi connectivity index (χ1n) is 18.2. The zero-order valence-electron chi connectivity index (χ0n) is 33.0. The highest BCUT2D eigenvalue weighted by molar-refractivity contribution is 6.33. The summed E-state index contributed by atoms with van der Waals surface area (Å²) in [4.78, 5) is 34.9. The smallest absolute Gasteiger partial charge is 0.291 e. The summed E-state index contributed by atoms with van der Waals surface area (Å²) in [5.41, 5.74) is -2.55. The minimum Gasteiger partial charge on any atom is -0.291 e. The van der Waals surface area contributed by atoms with Gasteiger partial charge in [-0.25, -0.2) is 4.39 Å². The monoisotopic (exact) mass is 812 g/mol. The number of carbonyl (C=O) groups is 2. The Bertz CT molecular complexity index is 2230. The molecule has 56 heavy (non-hydrogen) atoms. The van der Waals surface area contributed by atoms with Crippen molar-refractivity contribution < 1.29 is 40.3 Å². The van der Waals surface area contributed by atoms with Gasteiger partial charge in [0.15, 0.2) is 11.0 Å². The van der Waals surface area contributed by atoms with Gasteiger partial charge in [0, 0.05) is 61.5 Å². The second-order valence-corrected chi connectivity index (χ2v) is 16.3. The maximum Gasteiger partial charge on any atom is 0.419 e. The molecule has 2 aromatic heterocycles. The highest BCUT2D eigenvalue weighted by Crippen LogP contribution is 2.34. The van der Waals surface area contributed by atoms with Gasteiger partial charge in [-0.3, -0.25) is 28.3 Å². The predicted octanol–water partition coefficient (Wildman–Crippen LogP) is 9.77. The summed E-state index contributed by atoms with van der Waals surface area (Å²) in [5.74, 6) is -3.76. The van der Waals surface area contributed by atoms with Crippen molar-refractivity contribution in [2.24, 2.45) is 30.0 Å². The summed E-state index contributed by atoms with van der Waals surface area (Å²) < 4.78 is 103. The summed E-state index contributed by atoms with van der Waals surface area (Å²) in [6.07, 6.45) is -6.79. The SMILES string of the molecule is CCCCn1c(=NC(=O)c2cc(C(F)(F)F)ccc2Cl)cc(C(C)(C)CCC(C)Cn2c(=NC(=O)c3cccc(C(F)(F)F)c3F)cc(C(C)(C)C)n2C)n1C. The van der Waals surface area contributed by atoms with E-state index in [4.69, 9.17) is 11.6 Å². The molecule has 2 heterocycles. The summed E-state index contributed by atoms with van der Waals surface area (Å²) >= 11 is 6.15. The van der Waals surface area contributed by atoms with Crippen molar-refractivity contribution in [2.45, 2.75) is 110 Å². The standard InChI is InChI=1S/C40H48ClF7N6O2/c1-10-11-19-53-32(49-36(56)27-20-25(39(43,44)45)15-16-29(27)41)22-31(52(53)9)38(6,7)18-17-24(2)23-54-33(21-30(51(54)8)37(3,4)5)50-35(55)26-13-12-14-28(34(26)42)40(46,47)48/h12-16,20-22,24H,10-11,17-19,23H2,1-9H3. The van der Waals surface area contributed by atoms with Crippen LogP contribution in [0.5, 0.6) is 0 Å². The minimum absolute atomic E-state index is 0.0312. The second-order valence-electron chi connectivity index (χ2n) is 15.9. The fraction of sp³-hybridized carbons (Fsp3) is 0.500. The number of unbranched alkanes of at least 4 members (excludes halogenated alkanes) is 1. The van der Waals surface area contributed by atoms with Crippen LogP contribution in [0.4, 0.5) is 30.7 Å². The van der Waals surface area contributed by atoms with Crippen molar-refractivity contribution in [2.75, 3.05) is 0 Å². The third kappa shape index (κ3) is 9.93. The first kappa shape index (κ1) is 44.3. The van der Waals surface area contributed by atoms with Crippen molar-refractivity contribution in [1.29, 1.82) is 0 Å². The average Bonchev–Trinajstić information content (AvgIpc) is 3.56. The summed E-state index contributed by atoms with van der Waals surface area (Å²) in [5, 5.41) is -0.147. The number of halogens is 8. The molecule has 0 spiro atoms. The number of alkyl halides is 6. The lowest BCUT2D eigenvalue weighted by Gasteiger charge is -2.28. The van der Waals surface area contributed by atoms with Crippen LogP contribution in [0.15, 0.2) is 58.5 Å². The molecule has 4 rings (SSSR count). The van der Waals surface area contributed by atoms with Crippen molar-refractivity contribution in [1.82, 2.24) is 18.7 Å². The lowest BCUT2D eigenvalue weighted by atomic mass is 9.82. The number of hydrogen-bond donors (Lipinski definition) is 0. The number of carbonyl (C=O) groups excluding carboxylic acids is 2. The molecule has 1 unspecified atom stereocenters. The van der Waals surface area contributed by atoms with E-state index in [0.717, 1.165) is 48.5 Å². The Kier molecular flexibility index (Phi) is 13.1. The Balaban J connectivity index is 1.66. The van der Waals surface area contributed by atoms with E-state index in [1.165, 1.54) is 0 Å². The van der Waals surface area contributed by atoms with E-state index in [9.17, 15) is 40.3 Å². The third-order valence-electron chi connectivity index (χ3n) is 9.90. The number of aromatic nitrogens is 4. The molecule has 0 bridgehead atoms. The molecule has 2 aromatic carbocycles.